The van der Waals surface area contributed by atoms with Crippen molar-refractivity contribution in [2.75, 3.05) is 13.2 Å². The van der Waals surface area contributed by atoms with Crippen LogP contribution in [-0.2, 0) is 16.0 Å². The molecule has 0 fully saturated rings. The second kappa shape index (κ2) is 11.1. The summed E-state index contributed by atoms with van der Waals surface area (Å²) < 4.78 is 22.9. The molecule has 0 aliphatic heterocycles. The van der Waals surface area contributed by atoms with Crippen LogP contribution < -0.4 is 9.47 Å². The van der Waals surface area contributed by atoms with E-state index < -0.39 is 11.6 Å². The average molecular weight is 486 g/mol. The standard InChI is InChI=1S/C30H31NO5/c1-5-33-29(32)30(3,4)36-26-16-10-15-25(20-26)34-18-17-27-21(2)35-28(31-27)24-14-9-13-23(19-24)22-11-7-6-8-12-22/h6-16,19-20H,5,17-18H2,1-4H3. The van der Waals surface area contributed by atoms with Crippen LogP contribution in [-0.4, -0.2) is 29.8 Å². The Kier molecular flexibility index (Phi) is 7.74. The lowest BCUT2D eigenvalue weighted by molar-refractivity contribution is -0.158. The highest BCUT2D eigenvalue weighted by atomic mass is 16.6. The lowest BCUT2D eigenvalue weighted by Gasteiger charge is -2.24. The number of hydrogen-bond donors (Lipinski definition) is 0. The molecule has 186 valence electrons. The van der Waals surface area contributed by atoms with Crippen molar-refractivity contribution >= 4 is 5.97 Å². The van der Waals surface area contributed by atoms with Gasteiger partial charge in [0, 0.05) is 18.1 Å². The Balaban J connectivity index is 1.39. The Morgan fingerprint density at radius 2 is 1.58 bits per heavy atom. The van der Waals surface area contributed by atoms with Gasteiger partial charge in [0.2, 0.25) is 5.89 Å². The lowest BCUT2D eigenvalue weighted by Crippen LogP contribution is -2.39. The molecule has 6 heteroatoms. The van der Waals surface area contributed by atoms with Crippen molar-refractivity contribution in [3.8, 4) is 34.1 Å². The fourth-order valence-corrected chi connectivity index (χ4v) is 3.78. The number of nitrogens with zero attached hydrogens (tertiary/aromatic N) is 1. The van der Waals surface area contributed by atoms with Gasteiger partial charge in [0.05, 0.1) is 18.9 Å². The maximum atomic E-state index is 12.1. The number of hydrogen-bond acceptors (Lipinski definition) is 6. The van der Waals surface area contributed by atoms with Crippen LogP contribution in [0.5, 0.6) is 11.5 Å². The van der Waals surface area contributed by atoms with Crippen LogP contribution in [0.2, 0.25) is 0 Å². The molecule has 0 atom stereocenters. The smallest absolute Gasteiger partial charge is 0.349 e. The lowest BCUT2D eigenvalue weighted by atomic mass is 10.0. The summed E-state index contributed by atoms with van der Waals surface area (Å²) in [5.74, 6) is 2.12. The number of aryl methyl sites for hydroxylation is 1. The number of esters is 1. The van der Waals surface area contributed by atoms with Gasteiger partial charge >= 0.3 is 5.97 Å². The van der Waals surface area contributed by atoms with Gasteiger partial charge < -0.3 is 18.6 Å². The largest absolute Gasteiger partial charge is 0.493 e. The minimum absolute atomic E-state index is 0.302. The van der Waals surface area contributed by atoms with Gasteiger partial charge in [-0.15, -0.1) is 0 Å². The van der Waals surface area contributed by atoms with Gasteiger partial charge in [0.1, 0.15) is 17.3 Å². The molecule has 1 aromatic heterocycles. The first-order valence-corrected chi connectivity index (χ1v) is 12.1. The highest BCUT2D eigenvalue weighted by Crippen LogP contribution is 2.28. The molecule has 36 heavy (non-hydrogen) atoms. The molecule has 0 radical (unpaired) electrons. The van der Waals surface area contributed by atoms with E-state index in [1.165, 1.54) is 0 Å². The summed E-state index contributed by atoms with van der Waals surface area (Å²) in [5, 5.41) is 0. The van der Waals surface area contributed by atoms with Crippen molar-refractivity contribution in [3.05, 3.63) is 90.3 Å². The Labute approximate surface area is 211 Å². The predicted molar refractivity (Wildman–Crippen MR) is 139 cm³/mol. The van der Waals surface area contributed by atoms with Crippen LogP contribution in [0.1, 0.15) is 32.2 Å². The Hall–Kier alpha value is -4.06. The minimum atomic E-state index is -1.10. The quantitative estimate of drug-likeness (QED) is 0.234. The number of carbonyl (C=O) groups is 1. The number of benzene rings is 3. The molecule has 0 unspecified atom stereocenters. The van der Waals surface area contributed by atoms with E-state index in [0.29, 0.717) is 37.0 Å². The van der Waals surface area contributed by atoms with Crippen LogP contribution in [0.4, 0.5) is 0 Å². The minimum Gasteiger partial charge on any atom is -0.493 e. The molecule has 0 N–H and O–H groups in total. The molecule has 4 rings (SSSR count). The van der Waals surface area contributed by atoms with Crippen molar-refractivity contribution in [3.63, 3.8) is 0 Å². The number of aromatic nitrogens is 1. The first-order chi connectivity index (χ1) is 17.4. The third-order valence-corrected chi connectivity index (χ3v) is 5.66. The van der Waals surface area contributed by atoms with Gasteiger partial charge in [-0.25, -0.2) is 9.78 Å². The molecule has 0 bridgehead atoms. The van der Waals surface area contributed by atoms with E-state index in [2.05, 4.69) is 24.3 Å². The van der Waals surface area contributed by atoms with E-state index in [1.54, 1.807) is 32.9 Å². The third kappa shape index (κ3) is 6.13. The predicted octanol–water partition coefficient (Wildman–Crippen LogP) is 6.66. The molecule has 6 nitrogen and oxygen atoms in total. The molecular weight excluding hydrogens is 454 g/mol. The van der Waals surface area contributed by atoms with Gasteiger partial charge in [0.15, 0.2) is 5.60 Å². The molecule has 0 aliphatic carbocycles. The molecule has 0 saturated carbocycles. The molecule has 3 aromatic carbocycles. The highest BCUT2D eigenvalue weighted by Gasteiger charge is 2.31. The number of ether oxygens (including phenoxy) is 3. The van der Waals surface area contributed by atoms with E-state index in [4.69, 9.17) is 23.6 Å². The molecule has 0 aliphatic rings. The Morgan fingerprint density at radius 1 is 0.889 bits per heavy atom. The van der Waals surface area contributed by atoms with Crippen LogP contribution in [0, 0.1) is 6.92 Å². The topological polar surface area (TPSA) is 70.8 Å². The summed E-state index contributed by atoms with van der Waals surface area (Å²) in [6, 6.07) is 25.6. The molecule has 0 saturated heterocycles. The van der Waals surface area contributed by atoms with Crippen LogP contribution in [0.15, 0.2) is 83.3 Å². The second-order valence-electron chi connectivity index (χ2n) is 8.87. The fourth-order valence-electron chi connectivity index (χ4n) is 3.78. The second-order valence-corrected chi connectivity index (χ2v) is 8.87. The Morgan fingerprint density at radius 3 is 2.36 bits per heavy atom. The summed E-state index contributed by atoms with van der Waals surface area (Å²) in [6.07, 6.45) is 0.590. The molecule has 1 heterocycles. The van der Waals surface area contributed by atoms with Crippen molar-refractivity contribution in [1.29, 1.82) is 0 Å². The van der Waals surface area contributed by atoms with Crippen LogP contribution in [0.3, 0.4) is 0 Å². The summed E-state index contributed by atoms with van der Waals surface area (Å²) in [6.45, 7) is 7.76. The first-order valence-electron chi connectivity index (χ1n) is 12.1. The van der Waals surface area contributed by atoms with E-state index in [9.17, 15) is 4.79 Å². The van der Waals surface area contributed by atoms with E-state index >= 15 is 0 Å². The van der Waals surface area contributed by atoms with Gasteiger partial charge in [-0.1, -0.05) is 48.5 Å². The molecular formula is C30H31NO5. The van der Waals surface area contributed by atoms with Gasteiger partial charge in [-0.05, 0) is 63.1 Å². The SMILES string of the molecule is CCOC(=O)C(C)(C)Oc1cccc(OCCc2nc(-c3cccc(-c4ccccc4)c3)oc2C)c1. The number of rotatable bonds is 10. The van der Waals surface area contributed by atoms with Crippen molar-refractivity contribution in [2.24, 2.45) is 0 Å². The summed E-state index contributed by atoms with van der Waals surface area (Å²) in [7, 11) is 0. The summed E-state index contributed by atoms with van der Waals surface area (Å²) >= 11 is 0. The monoisotopic (exact) mass is 485 g/mol. The maximum Gasteiger partial charge on any atom is 0.349 e. The van der Waals surface area contributed by atoms with Crippen LogP contribution >= 0.6 is 0 Å². The maximum absolute atomic E-state index is 12.1. The molecule has 4 aromatic rings. The van der Waals surface area contributed by atoms with Gasteiger partial charge in [-0.2, -0.15) is 0 Å². The van der Waals surface area contributed by atoms with Crippen molar-refractivity contribution in [2.45, 2.75) is 39.7 Å². The summed E-state index contributed by atoms with van der Waals surface area (Å²) in [4.78, 5) is 16.8. The average Bonchev–Trinajstić information content (AvgIpc) is 3.25. The summed E-state index contributed by atoms with van der Waals surface area (Å²) in [5.41, 5.74) is 2.95. The Bertz CT molecular complexity index is 1310. The number of carbonyl (C=O) groups excluding carboxylic acids is 1. The van der Waals surface area contributed by atoms with E-state index in [-0.39, 0.29) is 0 Å². The van der Waals surface area contributed by atoms with Gasteiger partial charge in [0.25, 0.3) is 0 Å². The zero-order chi connectivity index (χ0) is 25.5. The van der Waals surface area contributed by atoms with Gasteiger partial charge in [-0.3, -0.25) is 0 Å². The van der Waals surface area contributed by atoms with E-state index in [0.717, 1.165) is 28.1 Å². The number of oxazole rings is 1. The fraction of sp³-hybridized carbons (Fsp3) is 0.267. The first kappa shape index (κ1) is 25.0. The molecule has 0 amide bonds. The van der Waals surface area contributed by atoms with Crippen molar-refractivity contribution in [1.82, 2.24) is 4.98 Å². The normalized spacial score (nSPS) is 11.2. The van der Waals surface area contributed by atoms with Crippen molar-refractivity contribution < 1.29 is 23.4 Å². The highest BCUT2D eigenvalue weighted by molar-refractivity contribution is 5.79. The van der Waals surface area contributed by atoms with Crippen LogP contribution in [0.25, 0.3) is 22.6 Å². The zero-order valence-corrected chi connectivity index (χ0v) is 21.1. The molecule has 0 spiro atoms. The zero-order valence-electron chi connectivity index (χ0n) is 21.1. The third-order valence-electron chi connectivity index (χ3n) is 5.66. The van der Waals surface area contributed by atoms with E-state index in [1.807, 2.05) is 49.4 Å².